The van der Waals surface area contributed by atoms with Crippen molar-refractivity contribution >= 4 is 27.9 Å². The molecule has 1 aromatic heterocycles. The maximum Gasteiger partial charge on any atom is 0.316 e. The van der Waals surface area contributed by atoms with Crippen molar-refractivity contribution in [3.05, 3.63) is 84.8 Å². The minimum atomic E-state index is -3.77. The number of benzene rings is 2. The molecule has 0 unspecified atom stereocenters. The zero-order valence-electron chi connectivity index (χ0n) is 17.6. The smallest absolute Gasteiger partial charge is 0.316 e. The highest BCUT2D eigenvalue weighted by Crippen LogP contribution is 2.22. The maximum atomic E-state index is 12.7. The zero-order chi connectivity index (χ0) is 22.5. The van der Waals surface area contributed by atoms with Gasteiger partial charge in [-0.1, -0.05) is 42.5 Å². The molecule has 0 amide bonds. The topological polar surface area (TPSA) is 85.4 Å². The quantitative estimate of drug-likeness (QED) is 0.429. The summed E-state index contributed by atoms with van der Waals surface area (Å²) in [6.07, 6.45) is 4.36. The number of sulfonamides is 1. The molecule has 0 saturated heterocycles. The summed E-state index contributed by atoms with van der Waals surface area (Å²) in [5, 5.41) is 0. The van der Waals surface area contributed by atoms with Gasteiger partial charge in [0.15, 0.2) is 0 Å². The van der Waals surface area contributed by atoms with E-state index < -0.39 is 15.4 Å². The van der Waals surface area contributed by atoms with E-state index in [4.69, 9.17) is 4.74 Å². The van der Waals surface area contributed by atoms with E-state index in [-0.39, 0.29) is 16.7 Å². The highest BCUT2D eigenvalue weighted by atomic mass is 32.2. The summed E-state index contributed by atoms with van der Waals surface area (Å²) in [6.45, 7) is 5.29. The van der Waals surface area contributed by atoms with Gasteiger partial charge in [-0.05, 0) is 67.8 Å². The largest absolute Gasteiger partial charge is 0.434 e. The zero-order valence-corrected chi connectivity index (χ0v) is 18.4. The van der Waals surface area contributed by atoms with Crippen molar-refractivity contribution in [3.8, 4) is 11.1 Å². The Morgan fingerprint density at radius 2 is 1.58 bits per heavy atom. The maximum absolute atomic E-state index is 12.7. The summed E-state index contributed by atoms with van der Waals surface area (Å²) in [5.41, 5.74) is 2.01. The number of carbonyl (C=O) groups is 1. The van der Waals surface area contributed by atoms with E-state index in [9.17, 15) is 13.2 Å². The van der Waals surface area contributed by atoms with Gasteiger partial charge in [0.1, 0.15) is 5.82 Å². The number of esters is 1. The molecule has 0 atom stereocenters. The Morgan fingerprint density at radius 3 is 2.16 bits per heavy atom. The van der Waals surface area contributed by atoms with Gasteiger partial charge in [0.05, 0.1) is 16.6 Å². The summed E-state index contributed by atoms with van der Waals surface area (Å²) < 4.78 is 32.8. The lowest BCUT2D eigenvalue weighted by atomic mass is 9.98. The first-order valence-corrected chi connectivity index (χ1v) is 11.2. The lowest BCUT2D eigenvalue weighted by molar-refractivity contribution is -0.146. The summed E-state index contributed by atoms with van der Waals surface area (Å²) >= 11 is 0. The molecule has 2 aromatic carbocycles. The summed E-state index contributed by atoms with van der Waals surface area (Å²) in [5.74, 6) is -0.157. The van der Waals surface area contributed by atoms with E-state index >= 15 is 0 Å². The molecule has 0 aliphatic heterocycles. The standard InChI is InChI=1S/C24H24N2O4S/c1-24(2,3)23(27)30-16-15-18-9-14-22(25-17-18)26-31(28,29)21-12-10-20(11-13-21)19-7-5-4-6-8-19/h4-17H,1-3H3,(H,25,26)/b16-15+. The molecule has 0 aliphatic rings. The number of aromatic nitrogens is 1. The third-order valence-corrected chi connectivity index (χ3v) is 5.72. The first-order chi connectivity index (χ1) is 14.6. The van der Waals surface area contributed by atoms with E-state index in [1.807, 2.05) is 30.3 Å². The van der Waals surface area contributed by atoms with Crippen molar-refractivity contribution in [1.82, 2.24) is 4.98 Å². The lowest BCUT2D eigenvalue weighted by Crippen LogP contribution is -2.20. The summed E-state index contributed by atoms with van der Waals surface area (Å²) in [6, 6.07) is 19.6. The van der Waals surface area contributed by atoms with Gasteiger partial charge in [0.2, 0.25) is 0 Å². The molecule has 0 saturated carbocycles. The number of carbonyl (C=O) groups excluding carboxylic acids is 1. The molecule has 0 aliphatic carbocycles. The van der Waals surface area contributed by atoms with Gasteiger partial charge in [-0.2, -0.15) is 0 Å². The van der Waals surface area contributed by atoms with Gasteiger partial charge in [-0.3, -0.25) is 9.52 Å². The van der Waals surface area contributed by atoms with Crippen molar-refractivity contribution in [2.45, 2.75) is 25.7 Å². The number of ether oxygens (including phenoxy) is 1. The van der Waals surface area contributed by atoms with Gasteiger partial charge in [0, 0.05) is 6.20 Å². The van der Waals surface area contributed by atoms with Crippen molar-refractivity contribution in [3.63, 3.8) is 0 Å². The molecular weight excluding hydrogens is 412 g/mol. The molecule has 3 aromatic rings. The normalized spacial score (nSPS) is 12.0. The Balaban J connectivity index is 1.65. The number of rotatable bonds is 6. The molecule has 0 bridgehead atoms. The van der Waals surface area contributed by atoms with Gasteiger partial charge in [0.25, 0.3) is 10.0 Å². The average Bonchev–Trinajstić information content (AvgIpc) is 2.75. The summed E-state index contributed by atoms with van der Waals surface area (Å²) in [7, 11) is -3.77. The fourth-order valence-electron chi connectivity index (χ4n) is 2.57. The van der Waals surface area contributed by atoms with Crippen LogP contribution >= 0.6 is 0 Å². The number of nitrogens with zero attached hydrogens (tertiary/aromatic N) is 1. The third-order valence-electron chi connectivity index (χ3n) is 4.34. The van der Waals surface area contributed by atoms with Gasteiger partial charge in [-0.25, -0.2) is 13.4 Å². The van der Waals surface area contributed by atoms with Crippen LogP contribution in [0, 0.1) is 5.41 Å². The van der Waals surface area contributed by atoms with Crippen molar-refractivity contribution in [2.24, 2.45) is 5.41 Å². The number of pyridine rings is 1. The number of nitrogens with one attached hydrogen (secondary N) is 1. The minimum Gasteiger partial charge on any atom is -0.434 e. The molecule has 160 valence electrons. The second-order valence-electron chi connectivity index (χ2n) is 7.93. The molecule has 0 fully saturated rings. The highest BCUT2D eigenvalue weighted by molar-refractivity contribution is 7.92. The van der Waals surface area contributed by atoms with E-state index in [2.05, 4.69) is 9.71 Å². The third kappa shape index (κ3) is 6.02. The monoisotopic (exact) mass is 436 g/mol. The lowest BCUT2D eigenvalue weighted by Gasteiger charge is -2.13. The van der Waals surface area contributed by atoms with Crippen LogP contribution in [-0.2, 0) is 19.6 Å². The molecule has 3 rings (SSSR count). The fraction of sp³-hybridized carbons (Fsp3) is 0.167. The van der Waals surface area contributed by atoms with E-state index in [0.29, 0.717) is 5.56 Å². The Bertz CT molecular complexity index is 1160. The number of hydrogen-bond donors (Lipinski definition) is 1. The van der Waals surface area contributed by atoms with Crippen LogP contribution in [0.5, 0.6) is 0 Å². The number of hydrogen-bond acceptors (Lipinski definition) is 5. The van der Waals surface area contributed by atoms with Crippen LogP contribution in [0.25, 0.3) is 17.2 Å². The van der Waals surface area contributed by atoms with Crippen LogP contribution in [0.3, 0.4) is 0 Å². The van der Waals surface area contributed by atoms with Gasteiger partial charge < -0.3 is 4.74 Å². The molecule has 1 heterocycles. The second kappa shape index (κ2) is 9.14. The molecular formula is C24H24N2O4S. The molecule has 0 radical (unpaired) electrons. The van der Waals surface area contributed by atoms with Crippen LogP contribution in [0.1, 0.15) is 26.3 Å². The SMILES string of the molecule is CC(C)(C)C(=O)O/C=C/c1ccc(NS(=O)(=O)c2ccc(-c3ccccc3)cc2)nc1. The Kier molecular flexibility index (Phi) is 6.56. The minimum absolute atomic E-state index is 0.145. The number of anilines is 1. The van der Waals surface area contributed by atoms with Gasteiger partial charge in [-0.15, -0.1) is 0 Å². The average molecular weight is 437 g/mol. The van der Waals surface area contributed by atoms with Crippen LogP contribution in [0.2, 0.25) is 0 Å². The van der Waals surface area contributed by atoms with Crippen molar-refractivity contribution < 1.29 is 17.9 Å². The second-order valence-corrected chi connectivity index (χ2v) is 9.61. The van der Waals surface area contributed by atoms with Crippen LogP contribution in [-0.4, -0.2) is 19.4 Å². The fourth-order valence-corrected chi connectivity index (χ4v) is 3.58. The molecule has 0 spiro atoms. The van der Waals surface area contributed by atoms with Crippen molar-refractivity contribution in [1.29, 1.82) is 0 Å². The van der Waals surface area contributed by atoms with Crippen LogP contribution in [0.4, 0.5) is 5.82 Å². The van der Waals surface area contributed by atoms with Crippen LogP contribution in [0.15, 0.2) is 84.1 Å². The summed E-state index contributed by atoms with van der Waals surface area (Å²) in [4.78, 5) is 16.0. The highest BCUT2D eigenvalue weighted by Gasteiger charge is 2.22. The predicted molar refractivity (Wildman–Crippen MR) is 122 cm³/mol. The van der Waals surface area contributed by atoms with Crippen molar-refractivity contribution in [2.75, 3.05) is 4.72 Å². The van der Waals surface area contributed by atoms with Crippen LogP contribution < -0.4 is 4.72 Å². The molecule has 31 heavy (non-hydrogen) atoms. The Hall–Kier alpha value is -3.45. The molecule has 1 N–H and O–H groups in total. The van der Waals surface area contributed by atoms with E-state index in [0.717, 1.165) is 11.1 Å². The first-order valence-electron chi connectivity index (χ1n) is 9.67. The Morgan fingerprint density at radius 1 is 0.935 bits per heavy atom. The predicted octanol–water partition coefficient (Wildman–Crippen LogP) is 5.11. The van der Waals surface area contributed by atoms with E-state index in [1.54, 1.807) is 63.2 Å². The van der Waals surface area contributed by atoms with Gasteiger partial charge >= 0.3 is 5.97 Å². The van der Waals surface area contributed by atoms with E-state index in [1.165, 1.54) is 12.5 Å². The first kappa shape index (κ1) is 22.2. The molecule has 7 heteroatoms. The Labute approximate surface area is 182 Å². The molecule has 6 nitrogen and oxygen atoms in total.